The highest BCUT2D eigenvalue weighted by atomic mass is 35.5. The van der Waals surface area contributed by atoms with Gasteiger partial charge in [0.1, 0.15) is 6.54 Å². The van der Waals surface area contributed by atoms with Crippen LogP contribution in [0.1, 0.15) is 11.1 Å². The minimum atomic E-state index is 0.117. The Balaban J connectivity index is 3.17. The molecule has 64 valence electrons. The van der Waals surface area contributed by atoms with Crippen LogP contribution in [-0.2, 0) is 6.54 Å². The third-order valence-corrected chi connectivity index (χ3v) is 2.26. The van der Waals surface area contributed by atoms with Crippen LogP contribution in [0, 0.1) is 11.8 Å². The van der Waals surface area contributed by atoms with E-state index < -0.39 is 0 Å². The van der Waals surface area contributed by atoms with E-state index in [4.69, 9.17) is 23.2 Å². The maximum atomic E-state index is 10.0. The fourth-order valence-electron chi connectivity index (χ4n) is 0.933. The molecule has 0 unspecified atom stereocenters. The molecule has 0 aliphatic rings. The van der Waals surface area contributed by atoms with Crippen molar-refractivity contribution in [3.8, 4) is 0 Å². The quantitative estimate of drug-likeness (QED) is 0.677. The van der Waals surface area contributed by atoms with E-state index in [1.165, 1.54) is 0 Å². The Bertz CT molecular complexity index is 312. The Morgan fingerprint density at radius 1 is 1.42 bits per heavy atom. The van der Waals surface area contributed by atoms with Crippen molar-refractivity contribution < 1.29 is 0 Å². The molecule has 1 aromatic carbocycles. The molecule has 2 nitrogen and oxygen atoms in total. The van der Waals surface area contributed by atoms with Crippen molar-refractivity contribution >= 4 is 23.2 Å². The van der Waals surface area contributed by atoms with Crippen molar-refractivity contribution in [3.63, 3.8) is 0 Å². The fourth-order valence-corrected chi connectivity index (χ4v) is 1.47. The van der Waals surface area contributed by atoms with E-state index >= 15 is 0 Å². The Morgan fingerprint density at radius 2 is 2.08 bits per heavy atom. The molecule has 0 aromatic heterocycles. The highest BCUT2D eigenvalue weighted by Gasteiger charge is 2.04. The molecule has 4 heteroatoms. The van der Waals surface area contributed by atoms with Gasteiger partial charge in [0.05, 0.1) is 0 Å². The predicted octanol–water partition coefficient (Wildman–Crippen LogP) is 3.57. The van der Waals surface area contributed by atoms with Gasteiger partial charge in [0.15, 0.2) is 0 Å². The summed E-state index contributed by atoms with van der Waals surface area (Å²) in [6.07, 6.45) is 0. The van der Waals surface area contributed by atoms with Crippen LogP contribution in [0.3, 0.4) is 0 Å². The highest BCUT2D eigenvalue weighted by molar-refractivity contribution is 6.35. The first-order valence-corrected chi connectivity index (χ1v) is 4.14. The zero-order valence-electron chi connectivity index (χ0n) is 6.47. The number of benzene rings is 1. The molecular weight excluding hydrogens is 197 g/mol. The molecule has 1 rings (SSSR count). The summed E-state index contributed by atoms with van der Waals surface area (Å²) in [4.78, 5) is 10.0. The molecule has 0 bridgehead atoms. The average Bonchev–Trinajstić information content (AvgIpc) is 2.00. The lowest BCUT2D eigenvalue weighted by Crippen LogP contribution is -1.87. The van der Waals surface area contributed by atoms with Crippen LogP contribution in [-0.4, -0.2) is 0 Å². The first kappa shape index (κ1) is 9.49. The van der Waals surface area contributed by atoms with Gasteiger partial charge in [0, 0.05) is 10.0 Å². The van der Waals surface area contributed by atoms with E-state index in [0.717, 1.165) is 11.1 Å². The number of hydrogen-bond acceptors (Lipinski definition) is 2. The molecule has 0 radical (unpaired) electrons. The normalized spacial score (nSPS) is 9.92. The van der Waals surface area contributed by atoms with Crippen LogP contribution in [0.2, 0.25) is 10.0 Å². The first-order chi connectivity index (χ1) is 5.65. The molecule has 0 aliphatic heterocycles. The zero-order chi connectivity index (χ0) is 9.14. The van der Waals surface area contributed by atoms with Gasteiger partial charge in [-0.1, -0.05) is 28.4 Å². The number of hydrogen-bond donors (Lipinski definition) is 0. The summed E-state index contributed by atoms with van der Waals surface area (Å²) in [5.41, 5.74) is 1.64. The van der Waals surface area contributed by atoms with Gasteiger partial charge >= 0.3 is 0 Å². The van der Waals surface area contributed by atoms with E-state index in [9.17, 15) is 4.91 Å². The van der Waals surface area contributed by atoms with Gasteiger partial charge in [0.25, 0.3) is 0 Å². The van der Waals surface area contributed by atoms with Crippen LogP contribution in [0.4, 0.5) is 0 Å². The minimum Gasteiger partial charge on any atom is -0.150 e. The predicted molar refractivity (Wildman–Crippen MR) is 50.7 cm³/mol. The lowest BCUT2D eigenvalue weighted by atomic mass is 10.1. The second-order valence-electron chi connectivity index (χ2n) is 2.46. The van der Waals surface area contributed by atoms with Gasteiger partial charge < -0.3 is 0 Å². The monoisotopic (exact) mass is 203 g/mol. The molecule has 0 spiro atoms. The molecule has 0 N–H and O–H groups in total. The number of nitroso groups, excluding NO2 is 1. The lowest BCUT2D eigenvalue weighted by Gasteiger charge is -2.03. The molecular formula is C8H7Cl2NO. The van der Waals surface area contributed by atoms with Gasteiger partial charge in [-0.3, -0.25) is 0 Å². The Kier molecular flexibility index (Phi) is 3.06. The molecule has 0 amide bonds. The second-order valence-corrected chi connectivity index (χ2v) is 3.30. The topological polar surface area (TPSA) is 29.4 Å². The van der Waals surface area contributed by atoms with Crippen molar-refractivity contribution in [2.45, 2.75) is 13.5 Å². The smallest absolute Gasteiger partial charge is 0.106 e. The standard InChI is InChI=1S/C8H7Cl2NO/c1-5-6(4-11-12)2-7(9)3-8(5)10/h2-3H,4H2,1H3. The molecule has 12 heavy (non-hydrogen) atoms. The van der Waals surface area contributed by atoms with E-state index in [2.05, 4.69) is 5.18 Å². The summed E-state index contributed by atoms with van der Waals surface area (Å²) in [6.45, 7) is 1.95. The van der Waals surface area contributed by atoms with Gasteiger partial charge in [0.2, 0.25) is 0 Å². The third-order valence-electron chi connectivity index (χ3n) is 1.65. The Labute approximate surface area is 80.5 Å². The minimum absolute atomic E-state index is 0.117. The number of nitrogens with zero attached hydrogens (tertiary/aromatic N) is 1. The largest absolute Gasteiger partial charge is 0.150 e. The number of rotatable bonds is 2. The highest BCUT2D eigenvalue weighted by Crippen LogP contribution is 2.24. The number of halogens is 2. The molecule has 0 aliphatic carbocycles. The summed E-state index contributed by atoms with van der Waals surface area (Å²) in [5.74, 6) is 0. The molecule has 0 saturated heterocycles. The Hall–Kier alpha value is -0.600. The summed E-state index contributed by atoms with van der Waals surface area (Å²) < 4.78 is 0. The molecule has 0 heterocycles. The van der Waals surface area contributed by atoms with Crippen molar-refractivity contribution in [1.82, 2.24) is 0 Å². The van der Waals surface area contributed by atoms with Gasteiger partial charge in [-0.15, -0.1) is 0 Å². The van der Waals surface area contributed by atoms with Crippen molar-refractivity contribution in [2.75, 3.05) is 0 Å². The van der Waals surface area contributed by atoms with Crippen LogP contribution >= 0.6 is 23.2 Å². The van der Waals surface area contributed by atoms with E-state index in [0.29, 0.717) is 10.0 Å². The molecule has 0 fully saturated rings. The van der Waals surface area contributed by atoms with Crippen LogP contribution < -0.4 is 0 Å². The van der Waals surface area contributed by atoms with Crippen LogP contribution in [0.15, 0.2) is 17.3 Å². The van der Waals surface area contributed by atoms with Gasteiger partial charge in [-0.05, 0) is 30.2 Å². The fraction of sp³-hybridized carbons (Fsp3) is 0.250. The van der Waals surface area contributed by atoms with Crippen molar-refractivity contribution in [3.05, 3.63) is 38.2 Å². The SMILES string of the molecule is Cc1c(Cl)cc(Cl)cc1CN=O. The van der Waals surface area contributed by atoms with Gasteiger partial charge in [-0.25, -0.2) is 0 Å². The maximum Gasteiger partial charge on any atom is 0.106 e. The average molecular weight is 204 g/mol. The summed E-state index contributed by atoms with van der Waals surface area (Å²) in [7, 11) is 0. The van der Waals surface area contributed by atoms with E-state index in [-0.39, 0.29) is 6.54 Å². The molecule has 1 aromatic rings. The van der Waals surface area contributed by atoms with E-state index in [1.807, 2.05) is 6.92 Å². The summed E-state index contributed by atoms with van der Waals surface area (Å²) in [5, 5.41) is 3.88. The van der Waals surface area contributed by atoms with Gasteiger partial charge in [-0.2, -0.15) is 4.91 Å². The summed E-state index contributed by atoms with van der Waals surface area (Å²) in [6, 6.07) is 3.34. The summed E-state index contributed by atoms with van der Waals surface area (Å²) >= 11 is 11.6. The van der Waals surface area contributed by atoms with Crippen molar-refractivity contribution in [1.29, 1.82) is 0 Å². The first-order valence-electron chi connectivity index (χ1n) is 3.39. The third kappa shape index (κ3) is 1.96. The van der Waals surface area contributed by atoms with Crippen LogP contribution in [0.5, 0.6) is 0 Å². The maximum absolute atomic E-state index is 10.0. The molecule has 0 saturated carbocycles. The zero-order valence-corrected chi connectivity index (χ0v) is 7.99. The molecule has 0 atom stereocenters. The second kappa shape index (κ2) is 3.87. The van der Waals surface area contributed by atoms with Crippen LogP contribution in [0.25, 0.3) is 0 Å². The Morgan fingerprint density at radius 3 is 2.67 bits per heavy atom. The lowest BCUT2D eigenvalue weighted by molar-refractivity contribution is 1.04. The van der Waals surface area contributed by atoms with E-state index in [1.54, 1.807) is 12.1 Å². The van der Waals surface area contributed by atoms with Crippen molar-refractivity contribution in [2.24, 2.45) is 5.18 Å².